The standard InChI is InChI=1S/C15H23F2NO2/c1-15(2,3)14(6-7-19)18-9-13(20)11-8-10(16)4-5-12(11)17/h4-5,8,13-14,18-20H,6-7,9H2,1-3H3. The van der Waals surface area contributed by atoms with Crippen molar-refractivity contribution < 1.29 is 19.0 Å². The van der Waals surface area contributed by atoms with Crippen molar-refractivity contribution in [2.24, 2.45) is 5.41 Å². The van der Waals surface area contributed by atoms with Gasteiger partial charge in [0.2, 0.25) is 0 Å². The van der Waals surface area contributed by atoms with E-state index in [1.807, 2.05) is 20.8 Å². The van der Waals surface area contributed by atoms with Crippen LogP contribution in [-0.4, -0.2) is 29.4 Å². The Morgan fingerprint density at radius 3 is 2.45 bits per heavy atom. The van der Waals surface area contributed by atoms with Crippen LogP contribution in [0.25, 0.3) is 0 Å². The predicted octanol–water partition coefficient (Wildman–Crippen LogP) is 2.38. The first-order valence-electron chi connectivity index (χ1n) is 6.73. The minimum atomic E-state index is -1.13. The molecule has 0 aliphatic carbocycles. The van der Waals surface area contributed by atoms with E-state index in [0.29, 0.717) is 6.42 Å². The highest BCUT2D eigenvalue weighted by Gasteiger charge is 2.25. The maximum atomic E-state index is 13.5. The van der Waals surface area contributed by atoms with Crippen molar-refractivity contribution in [2.45, 2.75) is 39.3 Å². The number of hydrogen-bond donors (Lipinski definition) is 3. The first-order valence-corrected chi connectivity index (χ1v) is 6.73. The molecule has 2 atom stereocenters. The van der Waals surface area contributed by atoms with Crippen LogP contribution in [0.4, 0.5) is 8.78 Å². The van der Waals surface area contributed by atoms with Crippen LogP contribution in [0.1, 0.15) is 38.9 Å². The van der Waals surface area contributed by atoms with Crippen LogP contribution < -0.4 is 5.32 Å². The molecule has 0 heterocycles. The summed E-state index contributed by atoms with van der Waals surface area (Å²) >= 11 is 0. The number of hydrogen-bond acceptors (Lipinski definition) is 3. The largest absolute Gasteiger partial charge is 0.396 e. The lowest BCUT2D eigenvalue weighted by molar-refractivity contribution is 0.139. The molecule has 0 aliphatic heterocycles. The number of benzene rings is 1. The number of aliphatic hydroxyl groups is 2. The number of rotatable bonds is 6. The number of halogens is 2. The minimum Gasteiger partial charge on any atom is -0.396 e. The second-order valence-electron chi connectivity index (χ2n) is 6.02. The molecule has 1 aromatic carbocycles. The fourth-order valence-corrected chi connectivity index (χ4v) is 2.10. The Hall–Kier alpha value is -1.04. The normalized spacial score (nSPS) is 15.2. The van der Waals surface area contributed by atoms with Gasteiger partial charge in [-0.25, -0.2) is 8.78 Å². The SMILES string of the molecule is CC(C)(C)C(CCO)NCC(O)c1cc(F)ccc1F. The van der Waals surface area contributed by atoms with Crippen molar-refractivity contribution in [1.29, 1.82) is 0 Å². The van der Waals surface area contributed by atoms with E-state index in [1.165, 1.54) is 0 Å². The van der Waals surface area contributed by atoms with Crippen LogP contribution in [0.3, 0.4) is 0 Å². The molecule has 0 bridgehead atoms. The van der Waals surface area contributed by atoms with Gasteiger partial charge in [-0.2, -0.15) is 0 Å². The zero-order valence-corrected chi connectivity index (χ0v) is 12.2. The van der Waals surface area contributed by atoms with Crippen molar-refractivity contribution in [2.75, 3.05) is 13.2 Å². The summed E-state index contributed by atoms with van der Waals surface area (Å²) in [7, 11) is 0. The Bertz CT molecular complexity index is 432. The molecule has 5 heteroatoms. The molecular weight excluding hydrogens is 264 g/mol. The van der Waals surface area contributed by atoms with Gasteiger partial charge in [0.25, 0.3) is 0 Å². The third-order valence-electron chi connectivity index (χ3n) is 3.34. The van der Waals surface area contributed by atoms with E-state index in [4.69, 9.17) is 5.11 Å². The Labute approximate surface area is 118 Å². The predicted molar refractivity (Wildman–Crippen MR) is 74.3 cm³/mol. The summed E-state index contributed by atoms with van der Waals surface area (Å²) in [6.07, 6.45) is -0.601. The van der Waals surface area contributed by atoms with Crippen molar-refractivity contribution in [3.05, 3.63) is 35.4 Å². The van der Waals surface area contributed by atoms with Crippen molar-refractivity contribution in [3.8, 4) is 0 Å². The zero-order chi connectivity index (χ0) is 15.3. The minimum absolute atomic E-state index is 0.0271. The van der Waals surface area contributed by atoms with Crippen LogP contribution in [0, 0.1) is 17.0 Å². The quantitative estimate of drug-likeness (QED) is 0.753. The highest BCUT2D eigenvalue weighted by molar-refractivity contribution is 5.21. The Morgan fingerprint density at radius 2 is 1.90 bits per heavy atom. The first kappa shape index (κ1) is 17.0. The molecule has 0 fully saturated rings. The van der Waals surface area contributed by atoms with Gasteiger partial charge in [-0.3, -0.25) is 0 Å². The molecule has 0 aliphatic rings. The zero-order valence-electron chi connectivity index (χ0n) is 12.2. The molecule has 0 radical (unpaired) electrons. The van der Waals surface area contributed by atoms with E-state index in [2.05, 4.69) is 5.32 Å². The van der Waals surface area contributed by atoms with Gasteiger partial charge in [0.15, 0.2) is 0 Å². The molecule has 0 spiro atoms. The Kier molecular flexibility index (Phi) is 6.05. The van der Waals surface area contributed by atoms with Gasteiger partial charge in [-0.05, 0) is 30.0 Å². The van der Waals surface area contributed by atoms with Crippen LogP contribution in [0.15, 0.2) is 18.2 Å². The highest BCUT2D eigenvalue weighted by Crippen LogP contribution is 2.23. The number of nitrogens with one attached hydrogen (secondary N) is 1. The van der Waals surface area contributed by atoms with Gasteiger partial charge >= 0.3 is 0 Å². The maximum Gasteiger partial charge on any atom is 0.129 e. The second kappa shape index (κ2) is 7.11. The third kappa shape index (κ3) is 4.81. The van der Waals surface area contributed by atoms with Crippen LogP contribution in [-0.2, 0) is 0 Å². The van der Waals surface area contributed by atoms with Gasteiger partial charge in [0.05, 0.1) is 6.10 Å². The van der Waals surface area contributed by atoms with Crippen LogP contribution in [0.2, 0.25) is 0 Å². The summed E-state index contributed by atoms with van der Waals surface area (Å²) in [5.74, 6) is -1.21. The second-order valence-corrected chi connectivity index (χ2v) is 6.02. The molecule has 3 N–H and O–H groups in total. The molecule has 0 aromatic heterocycles. The smallest absolute Gasteiger partial charge is 0.129 e. The molecule has 3 nitrogen and oxygen atoms in total. The lowest BCUT2D eigenvalue weighted by Crippen LogP contribution is -2.42. The van der Waals surface area contributed by atoms with Gasteiger partial charge in [-0.1, -0.05) is 20.8 Å². The molecule has 1 rings (SSSR count). The van der Waals surface area contributed by atoms with Crippen molar-refractivity contribution in [3.63, 3.8) is 0 Å². The lowest BCUT2D eigenvalue weighted by atomic mass is 9.85. The fraction of sp³-hybridized carbons (Fsp3) is 0.600. The summed E-state index contributed by atoms with van der Waals surface area (Å²) < 4.78 is 26.6. The summed E-state index contributed by atoms with van der Waals surface area (Å²) in [6, 6.07) is 2.99. The van der Waals surface area contributed by atoms with Gasteiger partial charge in [0, 0.05) is 24.8 Å². The molecule has 114 valence electrons. The van der Waals surface area contributed by atoms with E-state index in [0.717, 1.165) is 18.2 Å². The maximum absolute atomic E-state index is 13.5. The summed E-state index contributed by atoms with van der Waals surface area (Å²) in [5, 5.41) is 22.1. The topological polar surface area (TPSA) is 52.5 Å². The van der Waals surface area contributed by atoms with E-state index >= 15 is 0 Å². The van der Waals surface area contributed by atoms with Crippen LogP contribution >= 0.6 is 0 Å². The average Bonchev–Trinajstić information content (AvgIpc) is 2.35. The third-order valence-corrected chi connectivity index (χ3v) is 3.34. The van der Waals surface area contributed by atoms with Gasteiger partial charge in [0.1, 0.15) is 11.6 Å². The molecule has 1 aromatic rings. The molecule has 0 saturated carbocycles. The number of aliphatic hydroxyl groups excluding tert-OH is 2. The first-order chi connectivity index (χ1) is 9.25. The van der Waals surface area contributed by atoms with Gasteiger partial charge < -0.3 is 15.5 Å². The summed E-state index contributed by atoms with van der Waals surface area (Å²) in [5.41, 5.74) is -0.169. The summed E-state index contributed by atoms with van der Waals surface area (Å²) in [4.78, 5) is 0. The Balaban J connectivity index is 2.70. The van der Waals surface area contributed by atoms with Crippen LogP contribution in [0.5, 0.6) is 0 Å². The van der Waals surface area contributed by atoms with E-state index < -0.39 is 17.7 Å². The van der Waals surface area contributed by atoms with Crippen molar-refractivity contribution in [1.82, 2.24) is 5.32 Å². The highest BCUT2D eigenvalue weighted by atomic mass is 19.1. The molecule has 20 heavy (non-hydrogen) atoms. The average molecular weight is 287 g/mol. The molecule has 0 saturated heterocycles. The van der Waals surface area contributed by atoms with Gasteiger partial charge in [-0.15, -0.1) is 0 Å². The van der Waals surface area contributed by atoms with E-state index in [1.54, 1.807) is 0 Å². The van der Waals surface area contributed by atoms with Crippen molar-refractivity contribution >= 4 is 0 Å². The Morgan fingerprint density at radius 1 is 1.25 bits per heavy atom. The lowest BCUT2D eigenvalue weighted by Gasteiger charge is -2.32. The summed E-state index contributed by atoms with van der Waals surface area (Å²) in [6.45, 7) is 6.15. The van der Waals surface area contributed by atoms with E-state index in [-0.39, 0.29) is 30.2 Å². The molecule has 2 unspecified atom stereocenters. The van der Waals surface area contributed by atoms with E-state index in [9.17, 15) is 13.9 Å². The fourth-order valence-electron chi connectivity index (χ4n) is 2.10. The monoisotopic (exact) mass is 287 g/mol. The molecule has 0 amide bonds. The molecular formula is C15H23F2NO2.